The van der Waals surface area contributed by atoms with Crippen molar-refractivity contribution < 1.29 is 0 Å². The molecule has 0 saturated heterocycles. The molecule has 0 aromatic carbocycles. The number of hydrogen-bond donors (Lipinski definition) is 2. The standard InChI is InChI=1S/C14H30N2/c1-12-6-5-7-13(10-12)11-15-8-9-16-14(2,3)4/h12-13,15-16H,5-11H2,1-4H3. The van der Waals surface area contributed by atoms with Crippen molar-refractivity contribution in [3.8, 4) is 0 Å². The van der Waals surface area contributed by atoms with Gasteiger partial charge in [0.25, 0.3) is 0 Å². The van der Waals surface area contributed by atoms with Crippen LogP contribution in [0.1, 0.15) is 53.4 Å². The highest BCUT2D eigenvalue weighted by atomic mass is 15.0. The first-order chi connectivity index (χ1) is 7.47. The van der Waals surface area contributed by atoms with E-state index in [0.29, 0.717) is 0 Å². The zero-order valence-electron chi connectivity index (χ0n) is 11.6. The van der Waals surface area contributed by atoms with Gasteiger partial charge in [-0.25, -0.2) is 0 Å². The van der Waals surface area contributed by atoms with E-state index in [1.54, 1.807) is 0 Å². The van der Waals surface area contributed by atoms with Gasteiger partial charge in [-0.2, -0.15) is 0 Å². The van der Waals surface area contributed by atoms with Gasteiger partial charge < -0.3 is 10.6 Å². The van der Waals surface area contributed by atoms with Crippen LogP contribution >= 0.6 is 0 Å². The normalized spacial score (nSPS) is 27.0. The third-order valence-electron chi connectivity index (χ3n) is 3.44. The van der Waals surface area contributed by atoms with Crippen molar-refractivity contribution in [1.29, 1.82) is 0 Å². The molecule has 2 N–H and O–H groups in total. The van der Waals surface area contributed by atoms with Gasteiger partial charge in [-0.15, -0.1) is 0 Å². The van der Waals surface area contributed by atoms with Gasteiger partial charge in [0.15, 0.2) is 0 Å². The lowest BCUT2D eigenvalue weighted by molar-refractivity contribution is 0.273. The third kappa shape index (κ3) is 6.49. The molecule has 0 radical (unpaired) electrons. The van der Waals surface area contributed by atoms with E-state index < -0.39 is 0 Å². The van der Waals surface area contributed by atoms with Crippen LogP contribution in [0.3, 0.4) is 0 Å². The van der Waals surface area contributed by atoms with E-state index in [2.05, 4.69) is 38.3 Å². The third-order valence-corrected chi connectivity index (χ3v) is 3.44. The van der Waals surface area contributed by atoms with Crippen LogP contribution in [0.5, 0.6) is 0 Å². The van der Waals surface area contributed by atoms with E-state index in [4.69, 9.17) is 0 Å². The van der Waals surface area contributed by atoms with Crippen LogP contribution in [0.25, 0.3) is 0 Å². The molecule has 2 heteroatoms. The van der Waals surface area contributed by atoms with Gasteiger partial charge in [-0.05, 0) is 52.0 Å². The minimum Gasteiger partial charge on any atom is -0.315 e. The molecule has 0 spiro atoms. The van der Waals surface area contributed by atoms with Gasteiger partial charge in [-0.3, -0.25) is 0 Å². The first-order valence-corrected chi connectivity index (χ1v) is 6.93. The molecule has 1 fully saturated rings. The van der Waals surface area contributed by atoms with Gasteiger partial charge in [0, 0.05) is 18.6 Å². The van der Waals surface area contributed by atoms with Gasteiger partial charge in [0.05, 0.1) is 0 Å². The summed E-state index contributed by atoms with van der Waals surface area (Å²) in [7, 11) is 0. The van der Waals surface area contributed by atoms with E-state index in [-0.39, 0.29) is 5.54 Å². The maximum atomic E-state index is 3.59. The van der Waals surface area contributed by atoms with E-state index >= 15 is 0 Å². The second kappa shape index (κ2) is 6.61. The molecule has 0 aliphatic heterocycles. The quantitative estimate of drug-likeness (QED) is 0.704. The second-order valence-electron chi connectivity index (χ2n) is 6.52. The smallest absolute Gasteiger partial charge is 0.00970 e. The fourth-order valence-electron chi connectivity index (χ4n) is 2.58. The van der Waals surface area contributed by atoms with Crippen molar-refractivity contribution in [3.63, 3.8) is 0 Å². The summed E-state index contributed by atoms with van der Waals surface area (Å²) in [5.41, 5.74) is 0.251. The second-order valence-corrected chi connectivity index (χ2v) is 6.52. The van der Waals surface area contributed by atoms with Gasteiger partial charge in [-0.1, -0.05) is 19.8 Å². The maximum absolute atomic E-state index is 3.59. The highest BCUT2D eigenvalue weighted by Crippen LogP contribution is 2.27. The van der Waals surface area contributed by atoms with Crippen molar-refractivity contribution in [2.75, 3.05) is 19.6 Å². The topological polar surface area (TPSA) is 24.1 Å². The molecule has 2 atom stereocenters. The fraction of sp³-hybridized carbons (Fsp3) is 1.00. The Morgan fingerprint density at radius 1 is 1.12 bits per heavy atom. The highest BCUT2D eigenvalue weighted by Gasteiger charge is 2.18. The maximum Gasteiger partial charge on any atom is 0.00970 e. The van der Waals surface area contributed by atoms with E-state index in [0.717, 1.165) is 24.9 Å². The summed E-state index contributed by atoms with van der Waals surface area (Å²) in [4.78, 5) is 0. The van der Waals surface area contributed by atoms with Crippen LogP contribution < -0.4 is 10.6 Å². The molecule has 0 amide bonds. The van der Waals surface area contributed by atoms with Crippen molar-refractivity contribution in [1.82, 2.24) is 10.6 Å². The average molecular weight is 226 g/mol. The minimum absolute atomic E-state index is 0.251. The summed E-state index contributed by atoms with van der Waals surface area (Å²) in [6.45, 7) is 12.4. The van der Waals surface area contributed by atoms with Crippen LogP contribution in [0.2, 0.25) is 0 Å². The Morgan fingerprint density at radius 2 is 1.88 bits per heavy atom. The summed E-state index contributed by atoms with van der Waals surface area (Å²) >= 11 is 0. The molecule has 96 valence electrons. The van der Waals surface area contributed by atoms with E-state index in [1.165, 1.54) is 32.2 Å². The SMILES string of the molecule is CC1CCCC(CNCCNC(C)(C)C)C1. The Balaban J connectivity index is 1.98. The van der Waals surface area contributed by atoms with Crippen molar-refractivity contribution >= 4 is 0 Å². The van der Waals surface area contributed by atoms with Gasteiger partial charge in [0.1, 0.15) is 0 Å². The molecular formula is C14H30N2. The average Bonchev–Trinajstić information content (AvgIpc) is 2.15. The molecule has 1 aliphatic rings. The Hall–Kier alpha value is -0.0800. The van der Waals surface area contributed by atoms with Crippen LogP contribution in [0.15, 0.2) is 0 Å². The molecule has 2 unspecified atom stereocenters. The molecule has 1 aliphatic carbocycles. The predicted molar refractivity (Wildman–Crippen MR) is 71.7 cm³/mol. The number of rotatable bonds is 5. The van der Waals surface area contributed by atoms with Gasteiger partial charge in [0.2, 0.25) is 0 Å². The Bertz CT molecular complexity index is 184. The molecular weight excluding hydrogens is 196 g/mol. The van der Waals surface area contributed by atoms with E-state index in [9.17, 15) is 0 Å². The molecule has 1 saturated carbocycles. The minimum atomic E-state index is 0.251. The van der Waals surface area contributed by atoms with Crippen LogP contribution in [-0.2, 0) is 0 Å². The predicted octanol–water partition coefficient (Wildman–Crippen LogP) is 2.79. The number of hydrogen-bond acceptors (Lipinski definition) is 2. The summed E-state index contributed by atoms with van der Waals surface area (Å²) in [5.74, 6) is 1.88. The zero-order valence-corrected chi connectivity index (χ0v) is 11.6. The Labute approximate surface area is 102 Å². The van der Waals surface area contributed by atoms with Crippen molar-refractivity contribution in [3.05, 3.63) is 0 Å². The molecule has 0 aromatic rings. The van der Waals surface area contributed by atoms with Crippen molar-refractivity contribution in [2.24, 2.45) is 11.8 Å². The molecule has 0 bridgehead atoms. The van der Waals surface area contributed by atoms with Crippen LogP contribution in [0, 0.1) is 11.8 Å². The van der Waals surface area contributed by atoms with Gasteiger partial charge >= 0.3 is 0 Å². The largest absolute Gasteiger partial charge is 0.315 e. The molecule has 0 heterocycles. The monoisotopic (exact) mass is 226 g/mol. The molecule has 1 rings (SSSR count). The first-order valence-electron chi connectivity index (χ1n) is 6.93. The highest BCUT2D eigenvalue weighted by molar-refractivity contribution is 4.74. The lowest BCUT2D eigenvalue weighted by Gasteiger charge is -2.27. The Kier molecular flexibility index (Phi) is 5.77. The van der Waals surface area contributed by atoms with Crippen LogP contribution in [-0.4, -0.2) is 25.2 Å². The number of nitrogens with one attached hydrogen (secondary N) is 2. The van der Waals surface area contributed by atoms with E-state index in [1.807, 2.05) is 0 Å². The lowest BCUT2D eigenvalue weighted by Crippen LogP contribution is -2.41. The molecule has 2 nitrogen and oxygen atoms in total. The molecule has 16 heavy (non-hydrogen) atoms. The molecule has 0 aromatic heterocycles. The van der Waals surface area contributed by atoms with Crippen LogP contribution in [0.4, 0.5) is 0 Å². The Morgan fingerprint density at radius 3 is 2.50 bits per heavy atom. The summed E-state index contributed by atoms with van der Waals surface area (Å²) in [5, 5.41) is 7.09. The summed E-state index contributed by atoms with van der Waals surface area (Å²) in [6.07, 6.45) is 5.75. The summed E-state index contributed by atoms with van der Waals surface area (Å²) < 4.78 is 0. The van der Waals surface area contributed by atoms with Crippen molar-refractivity contribution in [2.45, 2.75) is 58.9 Å². The fourth-order valence-corrected chi connectivity index (χ4v) is 2.58. The zero-order chi connectivity index (χ0) is 12.0. The summed E-state index contributed by atoms with van der Waals surface area (Å²) in [6, 6.07) is 0. The first kappa shape index (κ1) is 14.0. The lowest BCUT2D eigenvalue weighted by atomic mass is 9.82.